The maximum absolute atomic E-state index is 9.51. The van der Waals surface area contributed by atoms with Crippen LogP contribution in [0.4, 0.5) is 0 Å². The summed E-state index contributed by atoms with van der Waals surface area (Å²) in [5.74, 6) is 1.62. The van der Waals surface area contributed by atoms with Crippen molar-refractivity contribution in [1.29, 1.82) is 0 Å². The number of hydrogen-bond acceptors (Lipinski definition) is 5. The predicted molar refractivity (Wildman–Crippen MR) is 82.6 cm³/mol. The van der Waals surface area contributed by atoms with E-state index < -0.39 is 0 Å². The summed E-state index contributed by atoms with van der Waals surface area (Å²) in [5, 5.41) is 9.51. The molecule has 1 aromatic carbocycles. The summed E-state index contributed by atoms with van der Waals surface area (Å²) in [6, 6.07) is 4.07. The van der Waals surface area contributed by atoms with Crippen molar-refractivity contribution in [3.63, 3.8) is 0 Å². The van der Waals surface area contributed by atoms with Crippen LogP contribution in [0.3, 0.4) is 0 Å². The summed E-state index contributed by atoms with van der Waals surface area (Å²) in [7, 11) is 3.33. The van der Waals surface area contributed by atoms with Crippen LogP contribution in [0.15, 0.2) is 12.1 Å². The highest BCUT2D eigenvalue weighted by molar-refractivity contribution is 5.50. The third kappa shape index (κ3) is 3.15. The fourth-order valence-corrected chi connectivity index (χ4v) is 3.00. The molecular formula is C16H26N2O3. The highest BCUT2D eigenvalue weighted by Gasteiger charge is 2.35. The zero-order valence-corrected chi connectivity index (χ0v) is 13.3. The lowest BCUT2D eigenvalue weighted by atomic mass is 9.93. The van der Waals surface area contributed by atoms with Crippen molar-refractivity contribution in [3.05, 3.63) is 23.3 Å². The van der Waals surface area contributed by atoms with E-state index in [1.165, 1.54) is 5.56 Å². The minimum atomic E-state index is -0.160. The van der Waals surface area contributed by atoms with E-state index in [1.54, 1.807) is 14.2 Å². The van der Waals surface area contributed by atoms with E-state index in [0.717, 1.165) is 30.2 Å². The van der Waals surface area contributed by atoms with Gasteiger partial charge in [0.05, 0.1) is 20.3 Å². The van der Waals surface area contributed by atoms with Crippen LogP contribution in [0.1, 0.15) is 31.0 Å². The molecule has 0 fully saturated rings. The first-order chi connectivity index (χ1) is 9.95. The topological polar surface area (TPSA) is 68.0 Å². The van der Waals surface area contributed by atoms with Crippen molar-refractivity contribution in [2.45, 2.75) is 26.4 Å². The summed E-state index contributed by atoms with van der Waals surface area (Å²) in [4.78, 5) is 2.31. The highest BCUT2D eigenvalue weighted by Crippen LogP contribution is 2.42. The number of nitrogens with zero attached hydrogens (tertiary/aromatic N) is 1. The van der Waals surface area contributed by atoms with Gasteiger partial charge in [0, 0.05) is 43.3 Å². The Morgan fingerprint density at radius 1 is 1.33 bits per heavy atom. The first-order valence-corrected chi connectivity index (χ1v) is 7.25. The first kappa shape index (κ1) is 16.1. The molecule has 1 unspecified atom stereocenters. The van der Waals surface area contributed by atoms with E-state index in [1.807, 2.05) is 12.1 Å². The number of benzene rings is 1. The molecule has 0 spiro atoms. The van der Waals surface area contributed by atoms with E-state index >= 15 is 0 Å². The van der Waals surface area contributed by atoms with Gasteiger partial charge in [-0.2, -0.15) is 0 Å². The van der Waals surface area contributed by atoms with Gasteiger partial charge in [-0.25, -0.2) is 0 Å². The molecule has 3 N–H and O–H groups in total. The second-order valence-corrected chi connectivity index (χ2v) is 6.38. The van der Waals surface area contributed by atoms with E-state index in [-0.39, 0.29) is 18.1 Å². The number of rotatable bonds is 6. The van der Waals surface area contributed by atoms with Crippen molar-refractivity contribution >= 4 is 0 Å². The summed E-state index contributed by atoms with van der Waals surface area (Å²) in [6.45, 7) is 6.37. The Labute approximate surface area is 126 Å². The second-order valence-electron chi connectivity index (χ2n) is 6.38. The molecule has 118 valence electrons. The molecule has 1 atom stereocenters. The molecule has 0 amide bonds. The molecule has 0 saturated heterocycles. The Bertz CT molecular complexity index is 503. The van der Waals surface area contributed by atoms with Crippen molar-refractivity contribution < 1.29 is 14.6 Å². The van der Waals surface area contributed by atoms with Crippen LogP contribution >= 0.6 is 0 Å². The fraction of sp³-hybridized carbons (Fsp3) is 0.625. The Kier molecular flexibility index (Phi) is 4.76. The minimum absolute atomic E-state index is 0.117. The van der Waals surface area contributed by atoms with Gasteiger partial charge in [-0.05, 0) is 11.6 Å². The van der Waals surface area contributed by atoms with Crippen LogP contribution in [0, 0.1) is 5.41 Å². The lowest BCUT2D eigenvalue weighted by Crippen LogP contribution is -2.37. The molecule has 0 saturated carbocycles. The van der Waals surface area contributed by atoms with Crippen LogP contribution in [-0.2, 0) is 6.54 Å². The zero-order valence-electron chi connectivity index (χ0n) is 13.3. The zero-order chi connectivity index (χ0) is 15.6. The average Bonchev–Trinajstić information content (AvgIpc) is 2.82. The Balaban J connectivity index is 2.36. The summed E-state index contributed by atoms with van der Waals surface area (Å²) in [5.41, 5.74) is 8.18. The monoisotopic (exact) mass is 294 g/mol. The molecule has 5 heteroatoms. The van der Waals surface area contributed by atoms with Crippen molar-refractivity contribution in [3.8, 4) is 11.5 Å². The summed E-state index contributed by atoms with van der Waals surface area (Å²) in [6.07, 6.45) is 0. The molecule has 0 aliphatic carbocycles. The van der Waals surface area contributed by atoms with E-state index in [0.29, 0.717) is 6.54 Å². The van der Waals surface area contributed by atoms with Gasteiger partial charge >= 0.3 is 0 Å². The van der Waals surface area contributed by atoms with Gasteiger partial charge in [-0.3, -0.25) is 4.90 Å². The van der Waals surface area contributed by atoms with E-state index in [9.17, 15) is 5.11 Å². The number of aliphatic hydroxyl groups excluding tert-OH is 1. The smallest absolute Gasteiger partial charge is 0.127 e. The highest BCUT2D eigenvalue weighted by atomic mass is 16.5. The van der Waals surface area contributed by atoms with Gasteiger partial charge in [0.15, 0.2) is 0 Å². The van der Waals surface area contributed by atoms with Crippen molar-refractivity contribution in [2.24, 2.45) is 11.1 Å². The van der Waals surface area contributed by atoms with Gasteiger partial charge in [-0.15, -0.1) is 0 Å². The predicted octanol–water partition coefficient (Wildman–Crippen LogP) is 1.54. The van der Waals surface area contributed by atoms with E-state index in [4.69, 9.17) is 15.2 Å². The quantitative estimate of drug-likeness (QED) is 0.833. The van der Waals surface area contributed by atoms with Crippen LogP contribution in [-0.4, -0.2) is 43.9 Å². The van der Waals surface area contributed by atoms with Crippen LogP contribution in [0.5, 0.6) is 11.5 Å². The summed E-state index contributed by atoms with van der Waals surface area (Å²) >= 11 is 0. The SMILES string of the molecule is COc1cc2c(c(OC)c1)C(CN)N(CC(C)(C)CO)C2. The maximum Gasteiger partial charge on any atom is 0.127 e. The average molecular weight is 294 g/mol. The maximum atomic E-state index is 9.51. The number of aliphatic hydroxyl groups is 1. The summed E-state index contributed by atoms with van der Waals surface area (Å²) < 4.78 is 10.9. The van der Waals surface area contributed by atoms with Crippen LogP contribution in [0.25, 0.3) is 0 Å². The molecule has 0 radical (unpaired) electrons. The molecule has 5 nitrogen and oxygen atoms in total. The number of nitrogens with two attached hydrogens (primary N) is 1. The molecule has 0 bridgehead atoms. The molecule has 2 rings (SSSR count). The molecule has 1 aliphatic rings. The lowest BCUT2D eigenvalue weighted by Gasteiger charge is -2.32. The third-order valence-electron chi connectivity index (χ3n) is 4.09. The van der Waals surface area contributed by atoms with Crippen molar-refractivity contribution in [2.75, 3.05) is 33.9 Å². The van der Waals surface area contributed by atoms with E-state index in [2.05, 4.69) is 18.7 Å². The Hall–Kier alpha value is -1.30. The fourth-order valence-electron chi connectivity index (χ4n) is 3.00. The molecule has 1 heterocycles. The largest absolute Gasteiger partial charge is 0.497 e. The molecular weight excluding hydrogens is 268 g/mol. The van der Waals surface area contributed by atoms with Crippen LogP contribution in [0.2, 0.25) is 0 Å². The molecule has 21 heavy (non-hydrogen) atoms. The lowest BCUT2D eigenvalue weighted by molar-refractivity contribution is 0.0842. The van der Waals surface area contributed by atoms with Gasteiger partial charge in [0.1, 0.15) is 11.5 Å². The standard InChI is InChI=1S/C16H26N2O3/c1-16(2,10-19)9-18-8-11-5-12(20-3)6-14(21-4)15(11)13(18)7-17/h5-6,13,19H,7-10,17H2,1-4H3. The Morgan fingerprint density at radius 2 is 2.05 bits per heavy atom. The Morgan fingerprint density at radius 3 is 2.57 bits per heavy atom. The van der Waals surface area contributed by atoms with Gasteiger partial charge in [0.2, 0.25) is 0 Å². The normalized spacial score (nSPS) is 18.7. The number of hydrogen-bond donors (Lipinski definition) is 2. The number of ether oxygens (including phenoxy) is 2. The third-order valence-corrected chi connectivity index (χ3v) is 4.09. The minimum Gasteiger partial charge on any atom is -0.497 e. The van der Waals surface area contributed by atoms with Gasteiger partial charge in [-0.1, -0.05) is 13.8 Å². The molecule has 0 aromatic heterocycles. The molecule has 1 aromatic rings. The molecule has 1 aliphatic heterocycles. The van der Waals surface area contributed by atoms with Gasteiger partial charge in [0.25, 0.3) is 0 Å². The van der Waals surface area contributed by atoms with Crippen LogP contribution < -0.4 is 15.2 Å². The number of fused-ring (bicyclic) bond motifs is 1. The van der Waals surface area contributed by atoms with Gasteiger partial charge < -0.3 is 20.3 Å². The second kappa shape index (κ2) is 6.22. The number of methoxy groups -OCH3 is 2. The first-order valence-electron chi connectivity index (χ1n) is 7.25. The van der Waals surface area contributed by atoms with Crippen molar-refractivity contribution in [1.82, 2.24) is 4.90 Å².